The van der Waals surface area contributed by atoms with Gasteiger partial charge in [-0.3, -0.25) is 19.6 Å². The molecule has 2 aliphatic rings. The first-order valence-electron chi connectivity index (χ1n) is 11.3. The van der Waals surface area contributed by atoms with E-state index in [9.17, 15) is 9.59 Å². The number of fused-ring (bicyclic) bond motifs is 1. The molecule has 1 amide bonds. The van der Waals surface area contributed by atoms with E-state index in [4.69, 9.17) is 9.15 Å². The minimum absolute atomic E-state index is 0.0289. The molecule has 0 unspecified atom stereocenters. The molecular formula is C23H29N5O4. The number of rotatable bonds is 4. The van der Waals surface area contributed by atoms with Crippen LogP contribution in [0, 0.1) is 13.8 Å². The van der Waals surface area contributed by atoms with Gasteiger partial charge in [-0.2, -0.15) is 0 Å². The SMILES string of the molecule is Cc1nc2cc(C3CCN(C(=O)c4ccoc4CN4CCOCC4)CC3)[nH]n2c(=O)c1C. The third kappa shape index (κ3) is 3.86. The Labute approximate surface area is 185 Å². The van der Waals surface area contributed by atoms with Gasteiger partial charge in [-0.1, -0.05) is 0 Å². The molecule has 2 saturated heterocycles. The lowest BCUT2D eigenvalue weighted by atomic mass is 9.93. The number of hydrogen-bond acceptors (Lipinski definition) is 6. The second-order valence-corrected chi connectivity index (χ2v) is 8.74. The number of ether oxygens (including phenoxy) is 1. The molecule has 0 radical (unpaired) electrons. The Morgan fingerprint density at radius 1 is 1.19 bits per heavy atom. The molecule has 0 aliphatic carbocycles. The molecule has 5 heterocycles. The predicted molar refractivity (Wildman–Crippen MR) is 118 cm³/mol. The quantitative estimate of drug-likeness (QED) is 0.669. The van der Waals surface area contributed by atoms with E-state index in [1.807, 2.05) is 17.9 Å². The number of amides is 1. The number of carbonyl (C=O) groups excluding carboxylic acids is 1. The first kappa shape index (κ1) is 21.0. The van der Waals surface area contributed by atoms with Crippen LogP contribution in [0.5, 0.6) is 0 Å². The van der Waals surface area contributed by atoms with Crippen LogP contribution in [-0.2, 0) is 11.3 Å². The topological polar surface area (TPSA) is 96.1 Å². The van der Waals surface area contributed by atoms with E-state index in [2.05, 4.69) is 15.0 Å². The van der Waals surface area contributed by atoms with E-state index < -0.39 is 0 Å². The Bertz CT molecular complexity index is 1180. The van der Waals surface area contributed by atoms with Crippen LogP contribution in [0.15, 0.2) is 27.6 Å². The van der Waals surface area contributed by atoms with Gasteiger partial charge in [-0.05, 0) is 32.8 Å². The fourth-order valence-electron chi connectivity index (χ4n) is 4.63. The summed E-state index contributed by atoms with van der Waals surface area (Å²) in [5.74, 6) is 1.02. The first-order chi connectivity index (χ1) is 15.5. The van der Waals surface area contributed by atoms with Crippen molar-refractivity contribution in [3.8, 4) is 0 Å². The highest BCUT2D eigenvalue weighted by Gasteiger charge is 2.28. The van der Waals surface area contributed by atoms with Crippen molar-refractivity contribution in [1.29, 1.82) is 0 Å². The predicted octanol–water partition coefficient (Wildman–Crippen LogP) is 2.08. The molecule has 0 bridgehead atoms. The minimum atomic E-state index is -0.0564. The second kappa shape index (κ2) is 8.55. The molecule has 9 heteroatoms. The first-order valence-corrected chi connectivity index (χ1v) is 11.3. The van der Waals surface area contributed by atoms with E-state index in [1.165, 1.54) is 4.52 Å². The summed E-state index contributed by atoms with van der Waals surface area (Å²) in [6, 6.07) is 3.75. The average Bonchev–Trinajstić information content (AvgIpc) is 3.45. The molecule has 1 N–H and O–H groups in total. The van der Waals surface area contributed by atoms with Crippen molar-refractivity contribution < 1.29 is 13.9 Å². The second-order valence-electron chi connectivity index (χ2n) is 8.74. The third-order valence-electron chi connectivity index (χ3n) is 6.77. The summed E-state index contributed by atoms with van der Waals surface area (Å²) in [7, 11) is 0. The summed E-state index contributed by atoms with van der Waals surface area (Å²) in [5, 5.41) is 3.24. The molecule has 9 nitrogen and oxygen atoms in total. The molecule has 0 spiro atoms. The minimum Gasteiger partial charge on any atom is -0.467 e. The van der Waals surface area contributed by atoms with Crippen LogP contribution in [0.1, 0.15) is 51.8 Å². The summed E-state index contributed by atoms with van der Waals surface area (Å²) in [6.07, 6.45) is 3.28. The van der Waals surface area contributed by atoms with Crippen molar-refractivity contribution in [1.82, 2.24) is 24.4 Å². The number of likely N-dealkylation sites (tertiary alicyclic amines) is 1. The monoisotopic (exact) mass is 439 g/mol. The van der Waals surface area contributed by atoms with Crippen LogP contribution >= 0.6 is 0 Å². The number of H-pyrrole nitrogens is 1. The van der Waals surface area contributed by atoms with Gasteiger partial charge < -0.3 is 14.1 Å². The van der Waals surface area contributed by atoms with Gasteiger partial charge >= 0.3 is 0 Å². The van der Waals surface area contributed by atoms with Crippen LogP contribution < -0.4 is 5.56 Å². The van der Waals surface area contributed by atoms with Crippen LogP contribution in [0.25, 0.3) is 5.65 Å². The standard InChI is InChI=1S/C23H29N5O4/c1-15-16(2)24-21-13-19(25-28(21)22(15)29)17-3-6-27(7-4-17)23(30)18-5-10-32-20(18)14-26-8-11-31-12-9-26/h5,10,13,17,25H,3-4,6-9,11-12,14H2,1-2H3. The van der Waals surface area contributed by atoms with Gasteiger partial charge in [0.15, 0.2) is 5.65 Å². The zero-order valence-electron chi connectivity index (χ0n) is 18.6. The van der Waals surface area contributed by atoms with Crippen molar-refractivity contribution in [2.45, 2.75) is 39.2 Å². The number of carbonyl (C=O) groups is 1. The van der Waals surface area contributed by atoms with Crippen molar-refractivity contribution in [3.63, 3.8) is 0 Å². The molecule has 3 aromatic heterocycles. The highest BCUT2D eigenvalue weighted by Crippen LogP contribution is 2.29. The van der Waals surface area contributed by atoms with Crippen molar-refractivity contribution >= 4 is 11.6 Å². The Morgan fingerprint density at radius 2 is 1.94 bits per heavy atom. The van der Waals surface area contributed by atoms with Crippen LogP contribution in [0.4, 0.5) is 0 Å². The fraction of sp³-hybridized carbons (Fsp3) is 0.522. The van der Waals surface area contributed by atoms with Gasteiger partial charge in [0, 0.05) is 55.1 Å². The van der Waals surface area contributed by atoms with E-state index in [-0.39, 0.29) is 17.4 Å². The number of aromatic amines is 1. The van der Waals surface area contributed by atoms with Gasteiger partial charge in [0.2, 0.25) is 0 Å². The number of nitrogens with zero attached hydrogens (tertiary/aromatic N) is 4. The van der Waals surface area contributed by atoms with E-state index in [0.29, 0.717) is 49.6 Å². The summed E-state index contributed by atoms with van der Waals surface area (Å²) >= 11 is 0. The average molecular weight is 440 g/mol. The lowest BCUT2D eigenvalue weighted by Gasteiger charge is -2.31. The smallest absolute Gasteiger partial charge is 0.275 e. The molecule has 32 heavy (non-hydrogen) atoms. The summed E-state index contributed by atoms with van der Waals surface area (Å²) in [6.45, 7) is 8.74. The number of morpholine rings is 1. The molecular weight excluding hydrogens is 410 g/mol. The fourth-order valence-corrected chi connectivity index (χ4v) is 4.63. The molecule has 2 fully saturated rings. The summed E-state index contributed by atoms with van der Waals surface area (Å²) < 4.78 is 12.6. The van der Waals surface area contributed by atoms with Gasteiger partial charge in [0.1, 0.15) is 5.76 Å². The summed E-state index contributed by atoms with van der Waals surface area (Å²) in [5.41, 5.74) is 3.67. The molecule has 0 atom stereocenters. The van der Waals surface area contributed by atoms with Gasteiger partial charge in [-0.25, -0.2) is 9.50 Å². The molecule has 0 saturated carbocycles. The number of furan rings is 1. The van der Waals surface area contributed by atoms with E-state index in [1.54, 1.807) is 19.3 Å². The maximum atomic E-state index is 13.2. The summed E-state index contributed by atoms with van der Waals surface area (Å²) in [4.78, 5) is 34.4. The maximum absolute atomic E-state index is 13.2. The number of piperidine rings is 1. The Kier molecular flexibility index (Phi) is 5.60. The number of hydrogen-bond donors (Lipinski definition) is 1. The van der Waals surface area contributed by atoms with Crippen molar-refractivity contribution in [2.24, 2.45) is 0 Å². The van der Waals surface area contributed by atoms with Gasteiger partial charge in [0.25, 0.3) is 11.5 Å². The van der Waals surface area contributed by atoms with Gasteiger partial charge in [0.05, 0.1) is 31.6 Å². The molecule has 3 aromatic rings. The van der Waals surface area contributed by atoms with E-state index in [0.717, 1.165) is 43.1 Å². The largest absolute Gasteiger partial charge is 0.467 e. The normalized spacial score (nSPS) is 18.5. The van der Waals surface area contributed by atoms with E-state index >= 15 is 0 Å². The van der Waals surface area contributed by atoms with Crippen LogP contribution in [-0.4, -0.2) is 69.7 Å². The maximum Gasteiger partial charge on any atom is 0.275 e. The third-order valence-corrected chi connectivity index (χ3v) is 6.77. The zero-order valence-corrected chi connectivity index (χ0v) is 18.6. The lowest BCUT2D eigenvalue weighted by Crippen LogP contribution is -2.39. The Morgan fingerprint density at radius 3 is 2.69 bits per heavy atom. The van der Waals surface area contributed by atoms with Crippen molar-refractivity contribution in [3.05, 3.63) is 57.0 Å². The Balaban J connectivity index is 1.26. The van der Waals surface area contributed by atoms with Crippen molar-refractivity contribution in [2.75, 3.05) is 39.4 Å². The molecule has 0 aromatic carbocycles. The van der Waals surface area contributed by atoms with Crippen LogP contribution in [0.3, 0.4) is 0 Å². The highest BCUT2D eigenvalue weighted by atomic mass is 16.5. The van der Waals surface area contributed by atoms with Crippen LogP contribution in [0.2, 0.25) is 0 Å². The number of aromatic nitrogens is 3. The number of nitrogens with one attached hydrogen (secondary N) is 1. The Hall–Kier alpha value is -2.91. The molecule has 5 rings (SSSR count). The lowest BCUT2D eigenvalue weighted by molar-refractivity contribution is 0.0310. The van der Waals surface area contributed by atoms with Gasteiger partial charge in [-0.15, -0.1) is 0 Å². The highest BCUT2D eigenvalue weighted by molar-refractivity contribution is 5.95. The molecule has 2 aliphatic heterocycles. The molecule has 170 valence electrons. The zero-order chi connectivity index (χ0) is 22.2. The number of aryl methyl sites for hydroxylation is 1.